The zero-order valence-corrected chi connectivity index (χ0v) is 18.2. The fraction of sp³-hybridized carbons (Fsp3) is 0.273. The van der Waals surface area contributed by atoms with Crippen LogP contribution in [0.3, 0.4) is 0 Å². The average molecular weight is 441 g/mol. The standard InChI is InChI=1S/C22H21ClN4O2S/c1-3-6-18-21(29)27-19(25-18)16-7-4-5-8-17(16)26-22(27)30-13(2)20(28)24-15-11-9-14(23)10-12-15/h4-5,7-13,18H,3,6H2,1-2H3,(H,24,28)/t13-,18-/m1/s1. The maximum atomic E-state index is 13.0. The van der Waals surface area contributed by atoms with E-state index in [1.54, 1.807) is 36.1 Å². The number of hydrogen-bond acceptors (Lipinski definition) is 5. The zero-order valence-electron chi connectivity index (χ0n) is 16.6. The van der Waals surface area contributed by atoms with Gasteiger partial charge in [0.25, 0.3) is 5.91 Å². The van der Waals surface area contributed by atoms with Gasteiger partial charge < -0.3 is 5.32 Å². The maximum absolute atomic E-state index is 13.0. The van der Waals surface area contributed by atoms with Gasteiger partial charge in [0.05, 0.1) is 10.9 Å². The minimum atomic E-state index is -0.469. The van der Waals surface area contributed by atoms with Crippen molar-refractivity contribution in [3.8, 4) is 0 Å². The van der Waals surface area contributed by atoms with Crippen LogP contribution in [0.5, 0.6) is 0 Å². The van der Waals surface area contributed by atoms with Gasteiger partial charge in [-0.05, 0) is 49.7 Å². The molecule has 154 valence electrons. The molecule has 2 aliphatic rings. The highest BCUT2D eigenvalue weighted by Crippen LogP contribution is 2.35. The molecular formula is C22H21ClN4O2S. The Bertz CT molecular complexity index is 1050. The van der Waals surface area contributed by atoms with Crippen molar-refractivity contribution in [3.05, 3.63) is 59.1 Å². The lowest BCUT2D eigenvalue weighted by Crippen LogP contribution is -2.42. The molecular weight excluding hydrogens is 420 g/mol. The van der Waals surface area contributed by atoms with Gasteiger partial charge in [-0.1, -0.05) is 48.8 Å². The van der Waals surface area contributed by atoms with E-state index in [1.165, 1.54) is 11.8 Å². The summed E-state index contributed by atoms with van der Waals surface area (Å²) < 4.78 is 0. The number of rotatable bonds is 5. The number of amidine groups is 2. The molecule has 6 nitrogen and oxygen atoms in total. The largest absolute Gasteiger partial charge is 0.325 e. The number of amides is 2. The van der Waals surface area contributed by atoms with Crippen LogP contribution in [0.2, 0.25) is 5.02 Å². The van der Waals surface area contributed by atoms with Gasteiger partial charge in [-0.3, -0.25) is 14.6 Å². The molecule has 8 heteroatoms. The van der Waals surface area contributed by atoms with Gasteiger partial charge in [0.15, 0.2) is 5.17 Å². The van der Waals surface area contributed by atoms with Crippen LogP contribution in [-0.2, 0) is 9.59 Å². The van der Waals surface area contributed by atoms with Crippen molar-refractivity contribution in [2.45, 2.75) is 38.0 Å². The Hall–Kier alpha value is -2.64. The van der Waals surface area contributed by atoms with E-state index in [9.17, 15) is 9.59 Å². The smallest absolute Gasteiger partial charge is 0.259 e. The Morgan fingerprint density at radius 2 is 1.97 bits per heavy atom. The highest BCUT2D eigenvalue weighted by atomic mass is 35.5. The molecule has 0 saturated heterocycles. The second-order valence-corrected chi connectivity index (χ2v) is 8.84. The molecule has 0 radical (unpaired) electrons. The van der Waals surface area contributed by atoms with Crippen LogP contribution in [0.25, 0.3) is 0 Å². The number of carbonyl (C=O) groups is 2. The molecule has 0 aromatic heterocycles. The number of thioether (sulfide) groups is 1. The van der Waals surface area contributed by atoms with Gasteiger partial charge in [0.2, 0.25) is 5.91 Å². The first kappa shape index (κ1) is 20.6. The van der Waals surface area contributed by atoms with Crippen LogP contribution in [-0.4, -0.2) is 39.0 Å². The molecule has 2 aromatic carbocycles. The average Bonchev–Trinajstić information content (AvgIpc) is 3.07. The monoisotopic (exact) mass is 440 g/mol. The number of fused-ring (bicyclic) bond motifs is 3. The van der Waals surface area contributed by atoms with Gasteiger partial charge in [-0.15, -0.1) is 0 Å². The lowest BCUT2D eigenvalue weighted by atomic mass is 10.1. The molecule has 0 fully saturated rings. The minimum Gasteiger partial charge on any atom is -0.325 e. The van der Waals surface area contributed by atoms with Crippen molar-refractivity contribution in [1.82, 2.24) is 4.90 Å². The third kappa shape index (κ3) is 4.00. The lowest BCUT2D eigenvalue weighted by molar-refractivity contribution is -0.124. The van der Waals surface area contributed by atoms with E-state index in [2.05, 4.69) is 15.3 Å². The molecule has 0 bridgehead atoms. The van der Waals surface area contributed by atoms with Gasteiger partial charge in [0.1, 0.15) is 11.9 Å². The fourth-order valence-electron chi connectivity index (χ4n) is 3.33. The molecule has 0 spiro atoms. The van der Waals surface area contributed by atoms with Crippen LogP contribution in [0.1, 0.15) is 32.3 Å². The molecule has 0 aliphatic carbocycles. The van der Waals surface area contributed by atoms with Gasteiger partial charge in [0, 0.05) is 16.3 Å². The van der Waals surface area contributed by atoms with Gasteiger partial charge in [-0.2, -0.15) is 0 Å². The summed E-state index contributed by atoms with van der Waals surface area (Å²) in [5, 5.41) is 3.49. The number of benzene rings is 2. The molecule has 0 unspecified atom stereocenters. The van der Waals surface area contributed by atoms with Crippen molar-refractivity contribution in [3.63, 3.8) is 0 Å². The number of carbonyl (C=O) groups excluding carboxylic acids is 2. The summed E-state index contributed by atoms with van der Waals surface area (Å²) in [6.07, 6.45) is 1.55. The van der Waals surface area contributed by atoms with Crippen LogP contribution in [0.4, 0.5) is 11.4 Å². The quantitative estimate of drug-likeness (QED) is 0.721. The molecule has 0 saturated carbocycles. The Balaban J connectivity index is 1.58. The fourth-order valence-corrected chi connectivity index (χ4v) is 4.37. The van der Waals surface area contributed by atoms with E-state index in [1.807, 2.05) is 31.2 Å². The number of nitrogens with zero attached hydrogens (tertiary/aromatic N) is 3. The van der Waals surface area contributed by atoms with Crippen molar-refractivity contribution < 1.29 is 9.59 Å². The second-order valence-electron chi connectivity index (χ2n) is 7.10. The van der Waals surface area contributed by atoms with Crippen molar-refractivity contribution >= 4 is 57.6 Å². The van der Waals surface area contributed by atoms with Gasteiger partial charge >= 0.3 is 0 Å². The minimum absolute atomic E-state index is 0.0853. The van der Waals surface area contributed by atoms with Crippen molar-refractivity contribution in [2.24, 2.45) is 9.98 Å². The molecule has 2 atom stereocenters. The van der Waals surface area contributed by atoms with Gasteiger partial charge in [-0.25, -0.2) is 9.89 Å². The highest BCUT2D eigenvalue weighted by molar-refractivity contribution is 8.15. The van der Waals surface area contributed by atoms with E-state index in [0.717, 1.165) is 17.7 Å². The van der Waals surface area contributed by atoms with E-state index in [4.69, 9.17) is 11.6 Å². The predicted molar refractivity (Wildman–Crippen MR) is 123 cm³/mol. The first-order valence-corrected chi connectivity index (χ1v) is 11.1. The van der Waals surface area contributed by atoms with E-state index in [-0.39, 0.29) is 11.8 Å². The Labute approximate surface area is 184 Å². The number of nitrogens with one attached hydrogen (secondary N) is 1. The molecule has 2 aromatic rings. The SMILES string of the molecule is CCC[C@H]1N=C2c3ccccc3N=C(S[C@H](C)C(=O)Nc3ccc(Cl)cc3)N2C1=O. The van der Waals surface area contributed by atoms with Crippen LogP contribution >= 0.6 is 23.4 Å². The summed E-state index contributed by atoms with van der Waals surface area (Å²) in [7, 11) is 0. The lowest BCUT2D eigenvalue weighted by Gasteiger charge is -2.26. The number of aliphatic imine (C=N–C) groups is 2. The normalized spacial score (nSPS) is 18.3. The molecule has 30 heavy (non-hydrogen) atoms. The van der Waals surface area contributed by atoms with E-state index >= 15 is 0 Å². The second kappa shape index (κ2) is 8.62. The summed E-state index contributed by atoms with van der Waals surface area (Å²) in [5.74, 6) is 0.355. The molecule has 2 amide bonds. The maximum Gasteiger partial charge on any atom is 0.259 e. The summed E-state index contributed by atoms with van der Waals surface area (Å²) in [4.78, 5) is 36.7. The third-order valence-electron chi connectivity index (χ3n) is 4.87. The first-order valence-electron chi connectivity index (χ1n) is 9.81. The summed E-state index contributed by atoms with van der Waals surface area (Å²) in [6, 6.07) is 14.2. The van der Waals surface area contributed by atoms with Crippen molar-refractivity contribution in [2.75, 3.05) is 5.32 Å². The number of anilines is 1. The topological polar surface area (TPSA) is 74.1 Å². The van der Waals surface area contributed by atoms with Crippen LogP contribution < -0.4 is 5.32 Å². The van der Waals surface area contributed by atoms with Crippen molar-refractivity contribution in [1.29, 1.82) is 0 Å². The summed E-state index contributed by atoms with van der Waals surface area (Å²) >= 11 is 7.15. The summed E-state index contributed by atoms with van der Waals surface area (Å²) in [5.41, 5.74) is 2.26. The Morgan fingerprint density at radius 3 is 2.70 bits per heavy atom. The third-order valence-corrected chi connectivity index (χ3v) is 6.18. The number of halogens is 1. The first-order chi connectivity index (χ1) is 14.5. The van der Waals surface area contributed by atoms with E-state index in [0.29, 0.717) is 28.1 Å². The number of hydrogen-bond donors (Lipinski definition) is 1. The molecule has 4 rings (SSSR count). The van der Waals surface area contributed by atoms with Crippen LogP contribution in [0, 0.1) is 0 Å². The predicted octanol–water partition coefficient (Wildman–Crippen LogP) is 4.86. The molecule has 2 heterocycles. The Kier molecular flexibility index (Phi) is 5.92. The van der Waals surface area contributed by atoms with E-state index < -0.39 is 11.3 Å². The molecule has 1 N–H and O–H groups in total. The highest BCUT2D eigenvalue weighted by Gasteiger charge is 2.41. The Morgan fingerprint density at radius 1 is 1.23 bits per heavy atom. The summed E-state index contributed by atoms with van der Waals surface area (Å²) in [6.45, 7) is 3.82. The van der Waals surface area contributed by atoms with Crippen LogP contribution in [0.15, 0.2) is 58.5 Å². The number of para-hydroxylation sites is 1. The zero-order chi connectivity index (χ0) is 21.3. The molecule has 2 aliphatic heterocycles.